The van der Waals surface area contributed by atoms with Crippen molar-refractivity contribution in [3.05, 3.63) is 63.6 Å². The largest absolute Gasteiger partial charge is 0.381 e. The first-order valence-corrected chi connectivity index (χ1v) is 6.29. The van der Waals surface area contributed by atoms with Crippen LogP contribution in [0.2, 0.25) is 0 Å². The summed E-state index contributed by atoms with van der Waals surface area (Å²) in [5.41, 5.74) is 2.29. The SMILES string of the molecule is Cc1ccc(NCc2cc(F)ccc2F)cc1Br. The molecule has 0 heterocycles. The van der Waals surface area contributed by atoms with Crippen LogP contribution in [-0.2, 0) is 6.54 Å². The minimum Gasteiger partial charge on any atom is -0.381 e. The Morgan fingerprint density at radius 3 is 2.61 bits per heavy atom. The van der Waals surface area contributed by atoms with E-state index < -0.39 is 11.6 Å². The average Bonchev–Trinajstić information content (AvgIpc) is 2.34. The smallest absolute Gasteiger partial charge is 0.128 e. The first-order valence-electron chi connectivity index (χ1n) is 5.50. The number of aryl methyl sites for hydroxylation is 1. The molecule has 0 amide bonds. The number of nitrogens with one attached hydrogen (secondary N) is 1. The molecular formula is C14H12BrF2N. The Bertz CT molecular complexity index is 570. The van der Waals surface area contributed by atoms with Gasteiger partial charge in [-0.1, -0.05) is 22.0 Å². The molecule has 0 spiro atoms. The molecule has 0 saturated heterocycles. The minimum atomic E-state index is -0.432. The molecule has 1 nitrogen and oxygen atoms in total. The van der Waals surface area contributed by atoms with E-state index in [1.807, 2.05) is 25.1 Å². The second-order valence-electron chi connectivity index (χ2n) is 4.05. The number of benzene rings is 2. The molecular weight excluding hydrogens is 300 g/mol. The fourth-order valence-electron chi connectivity index (χ4n) is 1.58. The lowest BCUT2D eigenvalue weighted by molar-refractivity contribution is 0.587. The normalized spacial score (nSPS) is 10.4. The van der Waals surface area contributed by atoms with Gasteiger partial charge in [0.15, 0.2) is 0 Å². The Kier molecular flexibility index (Phi) is 3.97. The van der Waals surface area contributed by atoms with Gasteiger partial charge in [0.2, 0.25) is 0 Å². The van der Waals surface area contributed by atoms with Gasteiger partial charge in [-0.15, -0.1) is 0 Å². The molecule has 0 bridgehead atoms. The Morgan fingerprint density at radius 1 is 1.11 bits per heavy atom. The van der Waals surface area contributed by atoms with Crippen LogP contribution >= 0.6 is 15.9 Å². The van der Waals surface area contributed by atoms with Crippen molar-refractivity contribution in [1.82, 2.24) is 0 Å². The molecule has 0 atom stereocenters. The first-order chi connectivity index (χ1) is 8.56. The molecule has 2 aromatic carbocycles. The summed E-state index contributed by atoms with van der Waals surface area (Å²) in [7, 11) is 0. The van der Waals surface area contributed by atoms with Gasteiger partial charge in [0.05, 0.1) is 0 Å². The van der Waals surface area contributed by atoms with Crippen molar-refractivity contribution in [2.45, 2.75) is 13.5 Å². The second kappa shape index (κ2) is 5.48. The van der Waals surface area contributed by atoms with E-state index in [0.29, 0.717) is 5.56 Å². The maximum Gasteiger partial charge on any atom is 0.128 e. The quantitative estimate of drug-likeness (QED) is 0.870. The van der Waals surface area contributed by atoms with Crippen LogP contribution in [0.3, 0.4) is 0 Å². The number of hydrogen-bond acceptors (Lipinski definition) is 1. The third kappa shape index (κ3) is 3.07. The summed E-state index contributed by atoms with van der Waals surface area (Å²) >= 11 is 3.42. The van der Waals surface area contributed by atoms with Crippen LogP contribution in [0.4, 0.5) is 14.5 Å². The van der Waals surface area contributed by atoms with Gasteiger partial charge >= 0.3 is 0 Å². The third-order valence-electron chi connectivity index (χ3n) is 2.66. The molecule has 0 aromatic heterocycles. The summed E-state index contributed by atoms with van der Waals surface area (Å²) in [5, 5.41) is 3.06. The lowest BCUT2D eigenvalue weighted by Crippen LogP contribution is -2.02. The predicted molar refractivity (Wildman–Crippen MR) is 72.6 cm³/mol. The number of hydrogen-bond donors (Lipinski definition) is 1. The van der Waals surface area contributed by atoms with Crippen LogP contribution < -0.4 is 5.32 Å². The molecule has 0 unspecified atom stereocenters. The average molecular weight is 312 g/mol. The van der Waals surface area contributed by atoms with E-state index in [9.17, 15) is 8.78 Å². The summed E-state index contributed by atoms with van der Waals surface area (Å²) in [4.78, 5) is 0. The first kappa shape index (κ1) is 13.0. The van der Waals surface area contributed by atoms with Gasteiger partial charge in [0, 0.05) is 22.3 Å². The monoisotopic (exact) mass is 311 g/mol. The zero-order chi connectivity index (χ0) is 13.1. The van der Waals surface area contributed by atoms with E-state index in [1.54, 1.807) is 0 Å². The van der Waals surface area contributed by atoms with Gasteiger partial charge in [-0.2, -0.15) is 0 Å². The van der Waals surface area contributed by atoms with Gasteiger partial charge in [0.1, 0.15) is 11.6 Å². The van der Waals surface area contributed by atoms with Crippen LogP contribution in [0.1, 0.15) is 11.1 Å². The van der Waals surface area contributed by atoms with Crippen LogP contribution in [0.25, 0.3) is 0 Å². The van der Waals surface area contributed by atoms with Crippen molar-refractivity contribution in [3.8, 4) is 0 Å². The Labute approximate surface area is 113 Å². The van der Waals surface area contributed by atoms with Gasteiger partial charge < -0.3 is 5.32 Å². The standard InChI is InChI=1S/C14H12BrF2N/c1-9-2-4-12(7-13(9)15)18-8-10-6-11(16)3-5-14(10)17/h2-7,18H,8H2,1H3. The summed E-state index contributed by atoms with van der Waals surface area (Å²) in [5.74, 6) is -0.839. The zero-order valence-corrected chi connectivity index (χ0v) is 11.4. The van der Waals surface area contributed by atoms with E-state index >= 15 is 0 Å². The van der Waals surface area contributed by atoms with E-state index in [2.05, 4.69) is 21.2 Å². The summed E-state index contributed by atoms with van der Waals surface area (Å²) in [6.45, 7) is 2.24. The van der Waals surface area contributed by atoms with Crippen LogP contribution in [0.15, 0.2) is 40.9 Å². The number of halogens is 3. The van der Waals surface area contributed by atoms with Crippen molar-refractivity contribution < 1.29 is 8.78 Å². The van der Waals surface area contributed by atoms with Crippen LogP contribution in [-0.4, -0.2) is 0 Å². The van der Waals surface area contributed by atoms with Crippen molar-refractivity contribution in [1.29, 1.82) is 0 Å². The molecule has 4 heteroatoms. The fourth-order valence-corrected chi connectivity index (χ4v) is 1.96. The second-order valence-corrected chi connectivity index (χ2v) is 4.91. The highest BCUT2D eigenvalue weighted by atomic mass is 79.9. The molecule has 1 N–H and O–H groups in total. The number of rotatable bonds is 3. The van der Waals surface area contributed by atoms with E-state index in [1.165, 1.54) is 6.07 Å². The topological polar surface area (TPSA) is 12.0 Å². The maximum absolute atomic E-state index is 13.4. The lowest BCUT2D eigenvalue weighted by Gasteiger charge is -2.09. The molecule has 18 heavy (non-hydrogen) atoms. The summed E-state index contributed by atoms with van der Waals surface area (Å²) < 4.78 is 27.4. The predicted octanol–water partition coefficient (Wildman–Crippen LogP) is 4.65. The molecule has 0 aliphatic heterocycles. The molecule has 0 radical (unpaired) electrons. The van der Waals surface area contributed by atoms with E-state index in [-0.39, 0.29) is 6.54 Å². The fraction of sp³-hybridized carbons (Fsp3) is 0.143. The highest BCUT2D eigenvalue weighted by molar-refractivity contribution is 9.10. The van der Waals surface area contributed by atoms with Crippen molar-refractivity contribution in [3.63, 3.8) is 0 Å². The molecule has 0 aliphatic carbocycles. The summed E-state index contributed by atoms with van der Waals surface area (Å²) in [6.07, 6.45) is 0. The molecule has 94 valence electrons. The Balaban J connectivity index is 2.11. The van der Waals surface area contributed by atoms with E-state index in [0.717, 1.165) is 27.9 Å². The van der Waals surface area contributed by atoms with Crippen molar-refractivity contribution in [2.24, 2.45) is 0 Å². The molecule has 0 fully saturated rings. The number of anilines is 1. The summed E-state index contributed by atoms with van der Waals surface area (Å²) in [6, 6.07) is 9.21. The maximum atomic E-state index is 13.4. The Hall–Kier alpha value is -1.42. The minimum absolute atomic E-state index is 0.249. The van der Waals surface area contributed by atoms with Crippen molar-refractivity contribution >= 4 is 21.6 Å². The van der Waals surface area contributed by atoms with Gasteiger partial charge in [-0.05, 0) is 42.8 Å². The highest BCUT2D eigenvalue weighted by Gasteiger charge is 2.04. The van der Waals surface area contributed by atoms with Gasteiger partial charge in [0.25, 0.3) is 0 Å². The van der Waals surface area contributed by atoms with Gasteiger partial charge in [-0.25, -0.2) is 8.78 Å². The zero-order valence-electron chi connectivity index (χ0n) is 9.81. The molecule has 0 saturated carbocycles. The third-order valence-corrected chi connectivity index (χ3v) is 3.52. The lowest BCUT2D eigenvalue weighted by atomic mass is 10.2. The van der Waals surface area contributed by atoms with Gasteiger partial charge in [-0.3, -0.25) is 0 Å². The molecule has 2 rings (SSSR count). The molecule has 0 aliphatic rings. The van der Waals surface area contributed by atoms with Crippen LogP contribution in [0, 0.1) is 18.6 Å². The molecule has 2 aromatic rings. The van der Waals surface area contributed by atoms with Crippen molar-refractivity contribution in [2.75, 3.05) is 5.32 Å². The van der Waals surface area contributed by atoms with Crippen LogP contribution in [0.5, 0.6) is 0 Å². The van der Waals surface area contributed by atoms with E-state index in [4.69, 9.17) is 0 Å². The Morgan fingerprint density at radius 2 is 1.89 bits per heavy atom. The highest BCUT2D eigenvalue weighted by Crippen LogP contribution is 2.21.